The van der Waals surface area contributed by atoms with Gasteiger partial charge in [0.1, 0.15) is 11.5 Å². The molecule has 7 heteroatoms. The molecule has 0 amide bonds. The molecule has 2 rings (SSSR count). The van der Waals surface area contributed by atoms with Crippen molar-refractivity contribution in [2.45, 2.75) is 6.18 Å². The predicted molar refractivity (Wildman–Crippen MR) is 73.1 cm³/mol. The van der Waals surface area contributed by atoms with E-state index < -0.39 is 21.4 Å². The average molecular weight is 316 g/mol. The second-order valence-electron chi connectivity index (χ2n) is 3.92. The Morgan fingerprint density at radius 3 is 1.57 bits per heavy atom. The van der Waals surface area contributed by atoms with E-state index in [1.54, 1.807) is 60.7 Å². The first-order valence-corrected chi connectivity index (χ1v) is 7.08. The van der Waals surface area contributed by atoms with E-state index in [1.165, 1.54) is 0 Å². The number of rotatable bonds is 6. The molecular formula is C14H12F3O3P. The summed E-state index contributed by atoms with van der Waals surface area (Å²) < 4.78 is 52.2. The van der Waals surface area contributed by atoms with Crippen LogP contribution in [0.2, 0.25) is 0 Å². The van der Waals surface area contributed by atoms with Crippen LogP contribution in [0.3, 0.4) is 0 Å². The molecule has 0 spiro atoms. The summed E-state index contributed by atoms with van der Waals surface area (Å²) >= 11 is 0. The second kappa shape index (κ2) is 7.29. The summed E-state index contributed by atoms with van der Waals surface area (Å²) in [6.07, 6.45) is -4.44. The lowest BCUT2D eigenvalue weighted by Gasteiger charge is -2.18. The normalized spacial score (nSPS) is 11.4. The molecule has 0 aliphatic rings. The molecule has 0 aliphatic heterocycles. The first-order valence-electron chi connectivity index (χ1n) is 5.99. The van der Waals surface area contributed by atoms with Gasteiger partial charge in [0, 0.05) is 0 Å². The first kappa shape index (κ1) is 15.6. The van der Waals surface area contributed by atoms with E-state index in [0.29, 0.717) is 11.5 Å². The van der Waals surface area contributed by atoms with Crippen LogP contribution in [-0.2, 0) is 4.52 Å². The third kappa shape index (κ3) is 6.02. The quantitative estimate of drug-likeness (QED) is 0.706. The summed E-state index contributed by atoms with van der Waals surface area (Å²) in [6.45, 7) is -1.43. The highest BCUT2D eigenvalue weighted by Gasteiger charge is 2.31. The van der Waals surface area contributed by atoms with E-state index in [0.717, 1.165) is 0 Å². The lowest BCUT2D eigenvalue weighted by atomic mass is 10.3. The highest BCUT2D eigenvalue weighted by molar-refractivity contribution is 7.42. The maximum Gasteiger partial charge on any atom is 0.463 e. The van der Waals surface area contributed by atoms with Gasteiger partial charge in [-0.25, -0.2) is 0 Å². The first-order chi connectivity index (χ1) is 10.0. The van der Waals surface area contributed by atoms with Crippen LogP contribution in [-0.4, -0.2) is 12.8 Å². The smallest absolute Gasteiger partial charge is 0.418 e. The topological polar surface area (TPSA) is 27.7 Å². The van der Waals surface area contributed by atoms with Gasteiger partial charge in [-0.2, -0.15) is 13.2 Å². The Bertz CT molecular complexity index is 493. The van der Waals surface area contributed by atoms with Crippen molar-refractivity contribution in [3.05, 3.63) is 60.7 Å². The summed E-state index contributed by atoms with van der Waals surface area (Å²) in [5.74, 6) is 0.753. The fourth-order valence-electron chi connectivity index (χ4n) is 1.33. The monoisotopic (exact) mass is 316 g/mol. The van der Waals surface area contributed by atoms with Crippen LogP contribution in [0.4, 0.5) is 13.2 Å². The molecule has 0 fully saturated rings. The van der Waals surface area contributed by atoms with Gasteiger partial charge in [0.05, 0.1) is 0 Å². The van der Waals surface area contributed by atoms with Crippen LogP contribution in [0.15, 0.2) is 60.7 Å². The SMILES string of the molecule is FC(F)(F)COP(Oc1ccccc1)Oc1ccccc1. The number of hydrogen-bond acceptors (Lipinski definition) is 3. The van der Waals surface area contributed by atoms with Gasteiger partial charge in [0.25, 0.3) is 0 Å². The molecule has 0 bridgehead atoms. The van der Waals surface area contributed by atoms with Gasteiger partial charge in [-0.05, 0) is 24.3 Å². The average Bonchev–Trinajstić information content (AvgIpc) is 2.46. The minimum atomic E-state index is -4.44. The molecule has 2 aromatic carbocycles. The van der Waals surface area contributed by atoms with Gasteiger partial charge in [-0.15, -0.1) is 0 Å². The minimum Gasteiger partial charge on any atom is -0.418 e. The fraction of sp³-hybridized carbons (Fsp3) is 0.143. The molecule has 21 heavy (non-hydrogen) atoms. The van der Waals surface area contributed by atoms with Crippen LogP contribution >= 0.6 is 8.60 Å². The molecular weight excluding hydrogens is 304 g/mol. The Morgan fingerprint density at radius 2 is 1.19 bits per heavy atom. The Labute approximate surface area is 121 Å². The van der Waals surface area contributed by atoms with E-state index >= 15 is 0 Å². The Hall–Kier alpha value is -1.78. The zero-order valence-electron chi connectivity index (χ0n) is 10.8. The second-order valence-corrected chi connectivity index (χ2v) is 4.99. The van der Waals surface area contributed by atoms with E-state index in [1.807, 2.05) is 0 Å². The van der Waals surface area contributed by atoms with Crippen molar-refractivity contribution in [2.75, 3.05) is 6.61 Å². The summed E-state index contributed by atoms with van der Waals surface area (Å²) in [5, 5.41) is 0. The largest absolute Gasteiger partial charge is 0.463 e. The zero-order valence-corrected chi connectivity index (χ0v) is 11.7. The van der Waals surface area contributed by atoms with Crippen LogP contribution in [0.25, 0.3) is 0 Å². The van der Waals surface area contributed by atoms with Crippen molar-refractivity contribution in [3.8, 4) is 11.5 Å². The highest BCUT2D eigenvalue weighted by atomic mass is 31.2. The Morgan fingerprint density at radius 1 is 0.762 bits per heavy atom. The molecule has 2 aromatic rings. The number of halogens is 3. The van der Waals surface area contributed by atoms with Crippen molar-refractivity contribution in [1.29, 1.82) is 0 Å². The van der Waals surface area contributed by atoms with Crippen LogP contribution in [0.5, 0.6) is 11.5 Å². The van der Waals surface area contributed by atoms with E-state index in [2.05, 4.69) is 0 Å². The van der Waals surface area contributed by atoms with Gasteiger partial charge in [0.15, 0.2) is 6.61 Å². The van der Waals surface area contributed by atoms with E-state index in [-0.39, 0.29) is 0 Å². The molecule has 112 valence electrons. The zero-order chi connectivity index (χ0) is 15.1. The summed E-state index contributed by atoms with van der Waals surface area (Å²) in [6, 6.07) is 16.8. The lowest BCUT2D eigenvalue weighted by molar-refractivity contribution is -0.154. The molecule has 0 N–H and O–H groups in total. The molecule has 0 saturated carbocycles. The van der Waals surface area contributed by atoms with Gasteiger partial charge in [-0.3, -0.25) is 4.52 Å². The maximum atomic E-state index is 12.3. The number of benzene rings is 2. The summed E-state index contributed by atoms with van der Waals surface area (Å²) in [7, 11) is -2.20. The van der Waals surface area contributed by atoms with Crippen molar-refractivity contribution < 1.29 is 26.7 Å². The molecule has 0 aliphatic carbocycles. The molecule has 0 unspecified atom stereocenters. The number of para-hydroxylation sites is 2. The summed E-state index contributed by atoms with van der Waals surface area (Å²) in [5.41, 5.74) is 0. The predicted octanol–water partition coefficient (Wildman–Crippen LogP) is 4.95. The number of alkyl halides is 3. The van der Waals surface area contributed by atoms with Crippen LogP contribution in [0.1, 0.15) is 0 Å². The third-order valence-corrected chi connectivity index (χ3v) is 3.24. The molecule has 3 nitrogen and oxygen atoms in total. The van der Waals surface area contributed by atoms with Gasteiger partial charge in [0.2, 0.25) is 0 Å². The van der Waals surface area contributed by atoms with Crippen molar-refractivity contribution >= 4 is 8.60 Å². The van der Waals surface area contributed by atoms with Gasteiger partial charge >= 0.3 is 14.8 Å². The van der Waals surface area contributed by atoms with E-state index in [4.69, 9.17) is 13.6 Å². The molecule has 0 heterocycles. The fourth-order valence-corrected chi connectivity index (χ4v) is 2.31. The Balaban J connectivity index is 2.03. The molecule has 0 radical (unpaired) electrons. The molecule has 0 aromatic heterocycles. The highest BCUT2D eigenvalue weighted by Crippen LogP contribution is 2.42. The van der Waals surface area contributed by atoms with E-state index in [9.17, 15) is 13.2 Å². The van der Waals surface area contributed by atoms with Gasteiger partial charge < -0.3 is 9.05 Å². The lowest BCUT2D eigenvalue weighted by Crippen LogP contribution is -2.17. The Kier molecular flexibility index (Phi) is 5.42. The van der Waals surface area contributed by atoms with Crippen LogP contribution in [0, 0.1) is 0 Å². The number of hydrogen-bond donors (Lipinski definition) is 0. The van der Waals surface area contributed by atoms with Crippen molar-refractivity contribution in [3.63, 3.8) is 0 Å². The molecule has 0 saturated heterocycles. The van der Waals surface area contributed by atoms with Gasteiger partial charge in [-0.1, -0.05) is 36.4 Å². The van der Waals surface area contributed by atoms with Crippen molar-refractivity contribution in [1.82, 2.24) is 0 Å². The maximum absolute atomic E-state index is 12.3. The van der Waals surface area contributed by atoms with Crippen molar-refractivity contribution in [2.24, 2.45) is 0 Å². The minimum absolute atomic E-state index is 0.377. The van der Waals surface area contributed by atoms with Crippen LogP contribution < -0.4 is 9.05 Å². The standard InChI is InChI=1S/C14H12F3O3P/c15-14(16,17)11-18-21(19-12-7-3-1-4-8-12)20-13-9-5-2-6-10-13/h1-10H,11H2. The molecule has 0 atom stereocenters. The third-order valence-electron chi connectivity index (χ3n) is 2.18. The summed E-state index contributed by atoms with van der Waals surface area (Å²) in [4.78, 5) is 0.